The first-order valence-electron chi connectivity index (χ1n) is 4.71. The van der Waals surface area contributed by atoms with Gasteiger partial charge in [-0.2, -0.15) is 0 Å². The number of carboxylic acid groups (broad SMARTS) is 1. The molecule has 0 unspecified atom stereocenters. The Bertz CT molecular complexity index is 508. The van der Waals surface area contributed by atoms with Gasteiger partial charge in [0.25, 0.3) is 5.91 Å². The van der Waals surface area contributed by atoms with Crippen LogP contribution in [0.4, 0.5) is 5.13 Å². The van der Waals surface area contributed by atoms with Crippen LogP contribution in [0.5, 0.6) is 0 Å². The van der Waals surface area contributed by atoms with E-state index in [4.69, 9.17) is 21.4 Å². The molecule has 0 fully saturated rings. The van der Waals surface area contributed by atoms with Crippen LogP contribution in [0, 0.1) is 0 Å². The molecule has 1 rings (SSSR count). The number of nitrogens with two attached hydrogens (primary N) is 1. The van der Waals surface area contributed by atoms with Gasteiger partial charge in [-0.25, -0.2) is 9.78 Å². The van der Waals surface area contributed by atoms with Crippen LogP contribution in [0.1, 0.15) is 19.5 Å². The highest BCUT2D eigenvalue weighted by molar-refractivity contribution is 7.13. The van der Waals surface area contributed by atoms with Crippen LogP contribution in [0.2, 0.25) is 0 Å². The number of hydrogen-bond donors (Lipinski definition) is 2. The number of carbonyl (C=O) groups excluding carboxylic acids is 1. The molecule has 0 aliphatic heterocycles. The van der Waals surface area contributed by atoms with Crippen LogP contribution < -0.4 is 11.5 Å². The van der Waals surface area contributed by atoms with Crippen LogP contribution in [0.15, 0.2) is 10.5 Å². The van der Waals surface area contributed by atoms with Crippen molar-refractivity contribution in [2.45, 2.75) is 19.4 Å². The topological polar surface area (TPSA) is 139 Å². The predicted octanol–water partition coefficient (Wildman–Crippen LogP) is 0.119. The van der Waals surface area contributed by atoms with E-state index >= 15 is 0 Å². The second kappa shape index (κ2) is 5.00. The van der Waals surface area contributed by atoms with Gasteiger partial charge in [-0.1, -0.05) is 5.16 Å². The molecular formula is C9H11N4O4S. The van der Waals surface area contributed by atoms with Gasteiger partial charge in [0.1, 0.15) is 5.69 Å². The molecule has 0 saturated heterocycles. The summed E-state index contributed by atoms with van der Waals surface area (Å²) < 4.78 is 0. The molecule has 0 aromatic carbocycles. The van der Waals surface area contributed by atoms with E-state index in [0.29, 0.717) is 0 Å². The van der Waals surface area contributed by atoms with Crippen LogP contribution in [0.3, 0.4) is 0 Å². The minimum absolute atomic E-state index is 0.0821. The van der Waals surface area contributed by atoms with Crippen LogP contribution >= 0.6 is 11.3 Å². The Kier molecular flexibility index (Phi) is 3.86. The molecule has 0 spiro atoms. The molecule has 1 amide bonds. The molecule has 8 nitrogen and oxygen atoms in total. The average molecular weight is 271 g/mol. The number of amides is 1. The highest BCUT2D eigenvalue weighted by atomic mass is 32.1. The molecule has 0 atom stereocenters. The summed E-state index contributed by atoms with van der Waals surface area (Å²) in [4.78, 5) is 30.4. The van der Waals surface area contributed by atoms with Gasteiger partial charge in [-0.3, -0.25) is 10.5 Å². The molecule has 4 N–H and O–H groups in total. The Morgan fingerprint density at radius 2 is 2.22 bits per heavy atom. The Hall–Kier alpha value is -2.16. The van der Waals surface area contributed by atoms with E-state index in [9.17, 15) is 9.59 Å². The standard InChI is InChI=1S/C9H11N4O4S/c1-9(2,7(15)16)17-13-5(6(10)14)4-3-18-8(11)12-4/h3,10H,1-2H3,(H2,11,12)(H,15,16)/b13-5+. The highest BCUT2D eigenvalue weighted by Crippen LogP contribution is 2.14. The third kappa shape index (κ3) is 3.17. The SMILES string of the molecule is CC(C)(O/N=C(/C([NH])=O)c1csc(N)n1)C(=O)O. The van der Waals surface area contributed by atoms with Crippen molar-refractivity contribution in [1.29, 1.82) is 0 Å². The summed E-state index contributed by atoms with van der Waals surface area (Å²) in [6.07, 6.45) is 0. The summed E-state index contributed by atoms with van der Waals surface area (Å²) in [7, 11) is 0. The van der Waals surface area contributed by atoms with Gasteiger partial charge in [-0.05, 0) is 13.8 Å². The third-order valence-corrected chi connectivity index (χ3v) is 2.53. The van der Waals surface area contributed by atoms with E-state index in [0.717, 1.165) is 11.3 Å². The average Bonchev–Trinajstić information content (AvgIpc) is 2.64. The van der Waals surface area contributed by atoms with E-state index in [2.05, 4.69) is 10.1 Å². The molecule has 0 aliphatic carbocycles. The van der Waals surface area contributed by atoms with Gasteiger partial charge in [-0.15, -0.1) is 11.3 Å². The van der Waals surface area contributed by atoms with E-state index in [1.165, 1.54) is 19.2 Å². The molecule has 1 aromatic heterocycles. The number of hydrogen-bond acceptors (Lipinski definition) is 7. The first kappa shape index (κ1) is 13.9. The van der Waals surface area contributed by atoms with Crippen LogP contribution in [-0.2, 0) is 14.4 Å². The van der Waals surface area contributed by atoms with E-state index in [1.54, 1.807) is 0 Å². The number of nitrogens with one attached hydrogen (secondary N) is 1. The number of nitrogens with zero attached hydrogens (tertiary/aromatic N) is 2. The number of nitrogen functional groups attached to an aromatic ring is 1. The number of oxime groups is 1. The summed E-state index contributed by atoms with van der Waals surface area (Å²) >= 11 is 1.07. The van der Waals surface area contributed by atoms with Crippen molar-refractivity contribution < 1.29 is 19.5 Å². The van der Waals surface area contributed by atoms with E-state index < -0.39 is 23.2 Å². The lowest BCUT2D eigenvalue weighted by molar-refractivity contribution is -0.161. The monoisotopic (exact) mass is 271 g/mol. The number of aliphatic carboxylic acids is 1. The van der Waals surface area contributed by atoms with E-state index in [1.807, 2.05) is 0 Å². The molecule has 0 aliphatic rings. The minimum atomic E-state index is -1.61. The van der Waals surface area contributed by atoms with Gasteiger partial charge in [0.2, 0.25) is 5.60 Å². The van der Waals surface area contributed by atoms with Gasteiger partial charge in [0, 0.05) is 5.38 Å². The van der Waals surface area contributed by atoms with Crippen molar-refractivity contribution in [3.63, 3.8) is 0 Å². The second-order valence-electron chi connectivity index (χ2n) is 3.75. The first-order valence-corrected chi connectivity index (χ1v) is 5.59. The van der Waals surface area contributed by atoms with Crippen molar-refractivity contribution >= 4 is 34.1 Å². The predicted molar refractivity (Wildman–Crippen MR) is 64.0 cm³/mol. The van der Waals surface area contributed by atoms with E-state index in [-0.39, 0.29) is 10.8 Å². The van der Waals surface area contributed by atoms with Crippen molar-refractivity contribution in [2.24, 2.45) is 5.16 Å². The minimum Gasteiger partial charge on any atom is -0.478 e. The highest BCUT2D eigenvalue weighted by Gasteiger charge is 2.30. The lowest BCUT2D eigenvalue weighted by Gasteiger charge is -2.16. The number of anilines is 1. The molecule has 97 valence electrons. The van der Waals surface area contributed by atoms with Gasteiger partial charge >= 0.3 is 5.97 Å². The maximum absolute atomic E-state index is 11.1. The van der Waals surface area contributed by atoms with Gasteiger partial charge < -0.3 is 15.7 Å². The Morgan fingerprint density at radius 1 is 1.61 bits per heavy atom. The summed E-state index contributed by atoms with van der Waals surface area (Å²) in [6, 6.07) is 0. The molecule has 1 radical (unpaired) electrons. The molecule has 0 saturated carbocycles. The fourth-order valence-corrected chi connectivity index (χ4v) is 1.35. The molecule has 18 heavy (non-hydrogen) atoms. The maximum Gasteiger partial charge on any atom is 0.350 e. The van der Waals surface area contributed by atoms with Gasteiger partial charge in [0.15, 0.2) is 10.8 Å². The van der Waals surface area contributed by atoms with Crippen molar-refractivity contribution in [1.82, 2.24) is 10.7 Å². The number of thiazole rings is 1. The Labute approximate surface area is 106 Å². The molecule has 1 aromatic rings. The number of aromatic nitrogens is 1. The largest absolute Gasteiger partial charge is 0.478 e. The van der Waals surface area contributed by atoms with Crippen LogP contribution in [0.25, 0.3) is 0 Å². The first-order chi connectivity index (χ1) is 8.24. The maximum atomic E-state index is 11.1. The smallest absolute Gasteiger partial charge is 0.350 e. The number of rotatable bonds is 5. The lowest BCUT2D eigenvalue weighted by atomic mass is 10.1. The zero-order valence-corrected chi connectivity index (χ0v) is 10.4. The van der Waals surface area contributed by atoms with Crippen molar-refractivity contribution in [3.8, 4) is 0 Å². The Balaban J connectivity index is 3.01. The number of carboxylic acids is 1. The normalized spacial score (nSPS) is 12.2. The summed E-state index contributed by atoms with van der Waals surface area (Å²) in [5.74, 6) is -2.39. The summed E-state index contributed by atoms with van der Waals surface area (Å²) in [5.41, 5.74) is 10.5. The summed E-state index contributed by atoms with van der Waals surface area (Å²) in [6.45, 7) is 2.53. The summed E-state index contributed by atoms with van der Waals surface area (Å²) in [5, 5.41) is 13.8. The quantitative estimate of drug-likeness (QED) is 0.576. The zero-order chi connectivity index (χ0) is 13.9. The van der Waals surface area contributed by atoms with Crippen LogP contribution in [-0.4, -0.2) is 33.3 Å². The molecule has 1 heterocycles. The molecular weight excluding hydrogens is 260 g/mol. The van der Waals surface area contributed by atoms with Gasteiger partial charge in [0.05, 0.1) is 0 Å². The molecule has 9 heteroatoms. The second-order valence-corrected chi connectivity index (χ2v) is 4.64. The van der Waals surface area contributed by atoms with Crippen molar-refractivity contribution in [3.05, 3.63) is 11.1 Å². The van der Waals surface area contributed by atoms with Crippen molar-refractivity contribution in [2.75, 3.05) is 5.73 Å². The lowest BCUT2D eigenvalue weighted by Crippen LogP contribution is -2.34. The molecule has 0 bridgehead atoms. The fourth-order valence-electron chi connectivity index (χ4n) is 0.800. The Morgan fingerprint density at radius 3 is 2.61 bits per heavy atom. The number of carbonyl (C=O) groups is 2. The zero-order valence-electron chi connectivity index (χ0n) is 9.63. The fraction of sp³-hybridized carbons (Fsp3) is 0.333. The third-order valence-electron chi connectivity index (χ3n) is 1.86.